The molecule has 0 saturated carbocycles. The van der Waals surface area contributed by atoms with E-state index < -0.39 is 5.97 Å². The molecule has 0 unspecified atom stereocenters. The lowest BCUT2D eigenvalue weighted by atomic mass is 10.1. The van der Waals surface area contributed by atoms with Crippen molar-refractivity contribution in [1.82, 2.24) is 14.8 Å². The molecule has 0 atom stereocenters. The van der Waals surface area contributed by atoms with E-state index in [4.69, 9.17) is 16.3 Å². The third-order valence-corrected chi connectivity index (χ3v) is 4.15. The minimum atomic E-state index is -0.445. The zero-order valence-corrected chi connectivity index (χ0v) is 14.6. The van der Waals surface area contributed by atoms with Crippen molar-refractivity contribution in [1.29, 1.82) is 0 Å². The molecular weight excluding hydrogens is 338 g/mol. The summed E-state index contributed by atoms with van der Waals surface area (Å²) in [5.41, 5.74) is 2.83. The number of carbonyl (C=O) groups excluding carboxylic acids is 1. The maximum absolute atomic E-state index is 12.4. The first-order chi connectivity index (χ1) is 12.2. The van der Waals surface area contributed by atoms with Gasteiger partial charge in [-0.2, -0.15) is 5.10 Å². The van der Waals surface area contributed by atoms with E-state index in [1.54, 1.807) is 24.0 Å². The van der Waals surface area contributed by atoms with Crippen LogP contribution in [0.15, 0.2) is 54.9 Å². The van der Waals surface area contributed by atoms with Crippen molar-refractivity contribution in [3.63, 3.8) is 0 Å². The molecule has 0 fully saturated rings. The summed E-state index contributed by atoms with van der Waals surface area (Å²) >= 11 is 6.36. The lowest BCUT2D eigenvalue weighted by molar-refractivity contribution is 0.0500. The monoisotopic (exact) mass is 355 g/mol. The van der Waals surface area contributed by atoms with Gasteiger partial charge in [-0.25, -0.2) is 9.48 Å². The first-order valence-electron chi connectivity index (χ1n) is 8.03. The Morgan fingerprint density at radius 3 is 2.60 bits per heavy atom. The van der Waals surface area contributed by atoms with Crippen LogP contribution < -0.4 is 0 Å². The Hall–Kier alpha value is -2.66. The molecule has 0 aliphatic heterocycles. The minimum Gasteiger partial charge on any atom is -0.462 e. The highest BCUT2D eigenvalue weighted by molar-refractivity contribution is 6.33. The third-order valence-electron chi connectivity index (χ3n) is 3.80. The van der Waals surface area contributed by atoms with Gasteiger partial charge in [-0.1, -0.05) is 29.8 Å². The molecule has 0 aliphatic carbocycles. The third kappa shape index (κ3) is 4.06. The molecule has 2 heterocycles. The molecule has 25 heavy (non-hydrogen) atoms. The number of hydrogen-bond acceptors (Lipinski definition) is 4. The highest BCUT2D eigenvalue weighted by Gasteiger charge is 2.22. The van der Waals surface area contributed by atoms with Gasteiger partial charge in [0.1, 0.15) is 10.7 Å². The number of rotatable bonds is 6. The molecule has 0 saturated heterocycles. The van der Waals surface area contributed by atoms with Crippen molar-refractivity contribution in [3.05, 3.63) is 76.8 Å². The Labute approximate surface area is 151 Å². The Bertz CT molecular complexity index is 848. The second-order valence-corrected chi connectivity index (χ2v) is 5.95. The number of esters is 1. The van der Waals surface area contributed by atoms with E-state index in [1.807, 2.05) is 42.5 Å². The van der Waals surface area contributed by atoms with E-state index in [2.05, 4.69) is 10.1 Å². The molecule has 6 heteroatoms. The van der Waals surface area contributed by atoms with E-state index >= 15 is 0 Å². The standard InChI is InChI=1S/C19H18ClN3O2/c1-14-17(18(20)23(22-14)16-7-3-2-4-8-16)19(24)25-13-5-6-15-9-11-21-12-10-15/h2-4,7-12H,5-6,13H2,1H3. The van der Waals surface area contributed by atoms with Crippen LogP contribution in [-0.2, 0) is 11.2 Å². The first-order valence-corrected chi connectivity index (χ1v) is 8.41. The van der Waals surface area contributed by atoms with Crippen LogP contribution >= 0.6 is 11.6 Å². The van der Waals surface area contributed by atoms with Gasteiger partial charge in [0.15, 0.2) is 0 Å². The largest absolute Gasteiger partial charge is 0.462 e. The van der Waals surface area contributed by atoms with E-state index in [0.717, 1.165) is 24.1 Å². The van der Waals surface area contributed by atoms with Gasteiger partial charge in [-0.15, -0.1) is 0 Å². The smallest absolute Gasteiger partial charge is 0.343 e. The summed E-state index contributed by atoms with van der Waals surface area (Å²) in [6, 6.07) is 13.3. The van der Waals surface area contributed by atoms with Gasteiger partial charge < -0.3 is 4.74 Å². The summed E-state index contributed by atoms with van der Waals surface area (Å²) in [6.45, 7) is 2.08. The van der Waals surface area contributed by atoms with Crippen molar-refractivity contribution in [2.24, 2.45) is 0 Å². The average Bonchev–Trinajstić information content (AvgIpc) is 2.94. The number of ether oxygens (including phenoxy) is 1. The molecule has 2 aromatic heterocycles. The second kappa shape index (κ2) is 7.94. The van der Waals surface area contributed by atoms with Crippen LogP contribution in [0, 0.1) is 6.92 Å². The van der Waals surface area contributed by atoms with Crippen molar-refractivity contribution in [3.8, 4) is 5.69 Å². The normalized spacial score (nSPS) is 10.6. The molecule has 0 spiro atoms. The fourth-order valence-corrected chi connectivity index (χ4v) is 2.88. The van der Waals surface area contributed by atoms with Gasteiger partial charge in [-0.3, -0.25) is 4.98 Å². The van der Waals surface area contributed by atoms with E-state index in [9.17, 15) is 4.79 Å². The van der Waals surface area contributed by atoms with Crippen LogP contribution in [0.5, 0.6) is 0 Å². The minimum absolute atomic E-state index is 0.267. The molecule has 128 valence electrons. The van der Waals surface area contributed by atoms with Crippen LogP contribution in [0.3, 0.4) is 0 Å². The zero-order chi connectivity index (χ0) is 17.6. The maximum Gasteiger partial charge on any atom is 0.343 e. The number of nitrogens with zero attached hydrogens (tertiary/aromatic N) is 3. The summed E-state index contributed by atoms with van der Waals surface area (Å²) in [7, 11) is 0. The summed E-state index contributed by atoms with van der Waals surface area (Å²) in [6.07, 6.45) is 5.07. The van der Waals surface area contributed by atoms with Crippen molar-refractivity contribution in [2.75, 3.05) is 6.61 Å². The fourth-order valence-electron chi connectivity index (χ4n) is 2.53. The maximum atomic E-state index is 12.4. The van der Waals surface area contributed by atoms with Crippen LogP contribution in [0.4, 0.5) is 0 Å². The predicted octanol–water partition coefficient (Wildman–Crippen LogP) is 4.02. The summed E-state index contributed by atoms with van der Waals surface area (Å²) in [5.74, 6) is -0.445. The van der Waals surface area contributed by atoms with Gasteiger partial charge >= 0.3 is 5.97 Å². The lowest BCUT2D eigenvalue weighted by Crippen LogP contribution is -2.08. The predicted molar refractivity (Wildman–Crippen MR) is 96.2 cm³/mol. The van der Waals surface area contributed by atoms with Crippen molar-refractivity contribution < 1.29 is 9.53 Å². The number of aromatic nitrogens is 3. The number of pyridine rings is 1. The number of para-hydroxylation sites is 1. The molecule has 3 rings (SSSR count). The highest BCUT2D eigenvalue weighted by atomic mass is 35.5. The first kappa shape index (κ1) is 17.2. The molecule has 0 radical (unpaired) electrons. The molecule has 5 nitrogen and oxygen atoms in total. The van der Waals surface area contributed by atoms with Crippen molar-refractivity contribution >= 4 is 17.6 Å². The topological polar surface area (TPSA) is 57.0 Å². The summed E-state index contributed by atoms with van der Waals surface area (Å²) in [5, 5.41) is 4.62. The number of hydrogen-bond donors (Lipinski definition) is 0. The molecule has 0 aliphatic rings. The number of carbonyl (C=O) groups is 1. The Morgan fingerprint density at radius 2 is 1.88 bits per heavy atom. The zero-order valence-electron chi connectivity index (χ0n) is 13.9. The quantitative estimate of drug-likeness (QED) is 0.495. The van der Waals surface area contributed by atoms with Gasteiger partial charge in [0.2, 0.25) is 0 Å². The number of benzene rings is 1. The summed E-state index contributed by atoms with van der Waals surface area (Å²) < 4.78 is 6.91. The molecule has 3 aromatic rings. The van der Waals surface area contributed by atoms with Crippen LogP contribution in [0.1, 0.15) is 28.0 Å². The lowest BCUT2D eigenvalue weighted by Gasteiger charge is -2.05. The Kier molecular flexibility index (Phi) is 5.46. The Morgan fingerprint density at radius 1 is 1.16 bits per heavy atom. The van der Waals surface area contributed by atoms with E-state index in [1.165, 1.54) is 0 Å². The average molecular weight is 356 g/mol. The summed E-state index contributed by atoms with van der Waals surface area (Å²) in [4.78, 5) is 16.4. The molecule has 1 aromatic carbocycles. The second-order valence-electron chi connectivity index (χ2n) is 5.59. The molecule has 0 N–H and O–H groups in total. The van der Waals surface area contributed by atoms with Gasteiger partial charge in [0, 0.05) is 12.4 Å². The van der Waals surface area contributed by atoms with E-state index in [0.29, 0.717) is 17.9 Å². The van der Waals surface area contributed by atoms with Crippen molar-refractivity contribution in [2.45, 2.75) is 19.8 Å². The van der Waals surface area contributed by atoms with Gasteiger partial charge in [0.05, 0.1) is 18.0 Å². The molecular formula is C19H18ClN3O2. The van der Waals surface area contributed by atoms with E-state index in [-0.39, 0.29) is 5.15 Å². The Balaban J connectivity index is 1.63. The molecule has 0 bridgehead atoms. The van der Waals surface area contributed by atoms with Gasteiger partial charge in [-0.05, 0) is 49.6 Å². The fraction of sp³-hybridized carbons (Fsp3) is 0.211. The number of aryl methyl sites for hydroxylation is 2. The van der Waals surface area contributed by atoms with Crippen LogP contribution in [-0.4, -0.2) is 27.3 Å². The van der Waals surface area contributed by atoms with Crippen LogP contribution in [0.2, 0.25) is 5.15 Å². The SMILES string of the molecule is Cc1nn(-c2ccccc2)c(Cl)c1C(=O)OCCCc1ccncc1. The number of halogens is 1. The molecule has 0 amide bonds. The van der Waals surface area contributed by atoms with Crippen LogP contribution in [0.25, 0.3) is 5.69 Å². The van der Waals surface area contributed by atoms with Gasteiger partial charge in [0.25, 0.3) is 0 Å². The highest BCUT2D eigenvalue weighted by Crippen LogP contribution is 2.24.